The summed E-state index contributed by atoms with van der Waals surface area (Å²) in [5, 5.41) is 8.55. The van der Waals surface area contributed by atoms with Gasteiger partial charge in [0.15, 0.2) is 0 Å². The van der Waals surface area contributed by atoms with Gasteiger partial charge in [0, 0.05) is 12.3 Å². The molecule has 0 aliphatic rings. The van der Waals surface area contributed by atoms with Crippen LogP contribution in [0.3, 0.4) is 0 Å². The van der Waals surface area contributed by atoms with Gasteiger partial charge >= 0.3 is 5.97 Å². The zero-order valence-corrected chi connectivity index (χ0v) is 10.2. The molecule has 2 rings (SSSR count). The molecule has 5 heteroatoms. The third kappa shape index (κ3) is 2.63. The summed E-state index contributed by atoms with van der Waals surface area (Å²) in [6, 6.07) is 3.67. The monoisotopic (exact) mass is 243 g/mol. The third-order valence-corrected chi connectivity index (χ3v) is 2.47. The fourth-order valence-corrected chi connectivity index (χ4v) is 1.65. The number of nitrogens with zero attached hydrogens (tertiary/aromatic N) is 3. The van der Waals surface area contributed by atoms with Crippen LogP contribution in [0.5, 0.6) is 0 Å². The van der Waals surface area contributed by atoms with Crippen molar-refractivity contribution < 1.29 is 9.90 Å². The van der Waals surface area contributed by atoms with Gasteiger partial charge < -0.3 is 9.67 Å². The highest BCUT2D eigenvalue weighted by Gasteiger charge is 2.03. The second-order valence-corrected chi connectivity index (χ2v) is 3.93. The molecule has 2 aromatic heterocycles. The van der Waals surface area contributed by atoms with Gasteiger partial charge in [-0.15, -0.1) is 0 Å². The molecule has 0 aromatic carbocycles. The highest BCUT2D eigenvalue weighted by Crippen LogP contribution is 2.13. The number of hydrogen-bond donors (Lipinski definition) is 1. The third-order valence-electron chi connectivity index (χ3n) is 2.47. The number of aliphatic carboxylic acids is 1. The first-order valence-corrected chi connectivity index (χ1v) is 5.46. The van der Waals surface area contributed by atoms with Gasteiger partial charge in [0.25, 0.3) is 0 Å². The molecule has 0 aliphatic carbocycles. The van der Waals surface area contributed by atoms with Crippen molar-refractivity contribution >= 4 is 12.0 Å². The van der Waals surface area contributed by atoms with Crippen LogP contribution in [0.25, 0.3) is 11.8 Å². The van der Waals surface area contributed by atoms with Crippen LogP contribution in [0.2, 0.25) is 0 Å². The maximum absolute atomic E-state index is 10.4. The molecule has 1 N–H and O–H groups in total. The van der Waals surface area contributed by atoms with Gasteiger partial charge in [-0.05, 0) is 32.1 Å². The second-order valence-electron chi connectivity index (χ2n) is 3.93. The van der Waals surface area contributed by atoms with Crippen LogP contribution in [0.1, 0.15) is 17.1 Å². The van der Waals surface area contributed by atoms with Gasteiger partial charge in [-0.25, -0.2) is 9.78 Å². The molecule has 0 spiro atoms. The highest BCUT2D eigenvalue weighted by atomic mass is 16.4. The van der Waals surface area contributed by atoms with Crippen LogP contribution in [0.4, 0.5) is 0 Å². The minimum absolute atomic E-state index is 0.621. The molecule has 0 aliphatic heterocycles. The second kappa shape index (κ2) is 4.83. The average Bonchev–Trinajstić information content (AvgIpc) is 2.73. The lowest BCUT2D eigenvalue weighted by Gasteiger charge is -2.06. The number of carboxylic acids is 1. The summed E-state index contributed by atoms with van der Waals surface area (Å²) in [4.78, 5) is 18.9. The first-order chi connectivity index (χ1) is 8.56. The Balaban J connectivity index is 2.33. The van der Waals surface area contributed by atoms with Gasteiger partial charge in [0.2, 0.25) is 0 Å². The maximum Gasteiger partial charge on any atom is 0.328 e. The smallest absolute Gasteiger partial charge is 0.328 e. The van der Waals surface area contributed by atoms with Crippen LogP contribution < -0.4 is 0 Å². The molecule has 0 fully saturated rings. The average molecular weight is 243 g/mol. The lowest BCUT2D eigenvalue weighted by Crippen LogP contribution is -1.97. The van der Waals surface area contributed by atoms with Gasteiger partial charge in [-0.3, -0.25) is 4.98 Å². The van der Waals surface area contributed by atoms with E-state index < -0.39 is 5.97 Å². The molecule has 0 radical (unpaired) electrons. The standard InChI is InChI=1S/C13H13N3O2/c1-9-7-16(8-14-9)12-5-3-11(15-10(12)2)4-6-13(17)18/h3-8H,1-2H3,(H,17,18)/b6-4+. The van der Waals surface area contributed by atoms with Gasteiger partial charge in [-0.1, -0.05) is 0 Å². The number of carboxylic acid groups (broad SMARTS) is 1. The molecule has 0 saturated heterocycles. The Labute approximate surface area is 104 Å². The molecular weight excluding hydrogens is 230 g/mol. The van der Waals surface area contributed by atoms with Crippen molar-refractivity contribution in [1.29, 1.82) is 0 Å². The molecule has 92 valence electrons. The summed E-state index contributed by atoms with van der Waals surface area (Å²) in [6.45, 7) is 3.80. The number of aryl methyl sites for hydroxylation is 2. The van der Waals surface area contributed by atoms with E-state index in [2.05, 4.69) is 9.97 Å². The van der Waals surface area contributed by atoms with Crippen LogP contribution in [-0.2, 0) is 4.79 Å². The molecule has 0 amide bonds. The van der Waals surface area contributed by atoms with Gasteiger partial charge in [0.1, 0.15) is 0 Å². The van der Waals surface area contributed by atoms with Crippen molar-refractivity contribution in [3.63, 3.8) is 0 Å². The zero-order valence-electron chi connectivity index (χ0n) is 10.2. The van der Waals surface area contributed by atoms with Crippen molar-refractivity contribution in [2.75, 3.05) is 0 Å². The summed E-state index contributed by atoms with van der Waals surface area (Å²) in [5.74, 6) is -0.983. The predicted molar refractivity (Wildman–Crippen MR) is 67.5 cm³/mol. The molecule has 0 unspecified atom stereocenters. The van der Waals surface area contributed by atoms with E-state index in [1.807, 2.05) is 30.7 Å². The number of hydrogen-bond acceptors (Lipinski definition) is 3. The highest BCUT2D eigenvalue weighted by molar-refractivity contribution is 5.84. The van der Waals surface area contributed by atoms with Crippen molar-refractivity contribution in [3.8, 4) is 5.69 Å². The summed E-state index contributed by atoms with van der Waals surface area (Å²) in [5.41, 5.74) is 3.31. The summed E-state index contributed by atoms with van der Waals surface area (Å²) in [6.07, 6.45) is 6.18. The summed E-state index contributed by atoms with van der Waals surface area (Å²) in [7, 11) is 0. The number of imidazole rings is 1. The Bertz CT molecular complexity index is 614. The predicted octanol–water partition coefficient (Wildman–Crippen LogP) is 1.98. The number of carbonyl (C=O) groups is 1. The van der Waals surface area contributed by atoms with Crippen LogP contribution in [-0.4, -0.2) is 25.6 Å². The van der Waals surface area contributed by atoms with E-state index in [0.29, 0.717) is 5.69 Å². The Morgan fingerprint density at radius 1 is 1.39 bits per heavy atom. The molecule has 5 nitrogen and oxygen atoms in total. The Morgan fingerprint density at radius 2 is 2.17 bits per heavy atom. The lowest BCUT2D eigenvalue weighted by molar-refractivity contribution is -0.131. The van der Waals surface area contributed by atoms with E-state index in [4.69, 9.17) is 5.11 Å². The summed E-state index contributed by atoms with van der Waals surface area (Å²) < 4.78 is 1.89. The normalized spacial score (nSPS) is 11.0. The van der Waals surface area contributed by atoms with Crippen molar-refractivity contribution in [1.82, 2.24) is 14.5 Å². The van der Waals surface area contributed by atoms with Gasteiger partial charge in [-0.2, -0.15) is 0 Å². The van der Waals surface area contributed by atoms with E-state index in [1.165, 1.54) is 6.08 Å². The zero-order chi connectivity index (χ0) is 13.1. The van der Waals surface area contributed by atoms with E-state index in [-0.39, 0.29) is 0 Å². The van der Waals surface area contributed by atoms with Crippen LogP contribution in [0, 0.1) is 13.8 Å². The Hall–Kier alpha value is -2.43. The van der Waals surface area contributed by atoms with E-state index in [0.717, 1.165) is 23.2 Å². The van der Waals surface area contributed by atoms with Crippen molar-refractivity contribution in [3.05, 3.63) is 47.8 Å². The molecule has 2 aromatic rings. The fraction of sp³-hybridized carbons (Fsp3) is 0.154. The first-order valence-electron chi connectivity index (χ1n) is 5.46. The van der Waals surface area contributed by atoms with Crippen molar-refractivity contribution in [2.24, 2.45) is 0 Å². The van der Waals surface area contributed by atoms with E-state index >= 15 is 0 Å². The van der Waals surface area contributed by atoms with Crippen LogP contribution >= 0.6 is 0 Å². The van der Waals surface area contributed by atoms with Crippen molar-refractivity contribution in [2.45, 2.75) is 13.8 Å². The first kappa shape index (κ1) is 12.0. The molecule has 0 saturated carbocycles. The van der Waals surface area contributed by atoms with E-state index in [1.54, 1.807) is 12.4 Å². The van der Waals surface area contributed by atoms with Crippen LogP contribution in [0.15, 0.2) is 30.7 Å². The fourth-order valence-electron chi connectivity index (χ4n) is 1.65. The molecular formula is C13H13N3O2. The SMILES string of the molecule is Cc1cn(-c2ccc(/C=C/C(=O)O)nc2C)cn1. The minimum Gasteiger partial charge on any atom is -0.478 e. The topological polar surface area (TPSA) is 68.0 Å². The van der Waals surface area contributed by atoms with E-state index in [9.17, 15) is 4.79 Å². The number of aromatic nitrogens is 3. The molecule has 2 heterocycles. The maximum atomic E-state index is 10.4. The largest absolute Gasteiger partial charge is 0.478 e. The number of rotatable bonds is 3. The Morgan fingerprint density at radius 3 is 2.72 bits per heavy atom. The van der Waals surface area contributed by atoms with Gasteiger partial charge in [0.05, 0.1) is 29.1 Å². The lowest BCUT2D eigenvalue weighted by atomic mass is 10.2. The minimum atomic E-state index is -0.983. The Kier molecular flexibility index (Phi) is 3.23. The summed E-state index contributed by atoms with van der Waals surface area (Å²) >= 11 is 0. The quantitative estimate of drug-likeness (QED) is 0.837. The molecule has 0 atom stereocenters. The number of pyridine rings is 1. The molecule has 18 heavy (non-hydrogen) atoms. The molecule has 0 bridgehead atoms.